The average Bonchev–Trinajstić information content (AvgIpc) is 2.57. The van der Waals surface area contributed by atoms with Gasteiger partial charge in [-0.3, -0.25) is 0 Å². The number of hydrogen-bond donors (Lipinski definition) is 1. The molecule has 0 amide bonds. The van der Waals surface area contributed by atoms with E-state index in [0.717, 1.165) is 11.7 Å². The van der Waals surface area contributed by atoms with Crippen LogP contribution in [0.3, 0.4) is 0 Å². The fourth-order valence-corrected chi connectivity index (χ4v) is 3.07. The second kappa shape index (κ2) is 6.79. The quantitative estimate of drug-likeness (QED) is 0.647. The minimum absolute atomic E-state index is 0.369. The monoisotopic (exact) mass is 188 g/mol. The molecule has 0 aromatic carbocycles. The molecule has 1 aliphatic carbocycles. The predicted octanol–water partition coefficient (Wildman–Crippen LogP) is 2.82. The van der Waals surface area contributed by atoms with Gasteiger partial charge in [-0.25, -0.2) is 0 Å². The van der Waals surface area contributed by atoms with Crippen LogP contribution in [0.2, 0.25) is 0 Å². The van der Waals surface area contributed by atoms with Crippen molar-refractivity contribution in [3.05, 3.63) is 0 Å². The Morgan fingerprint density at radius 1 is 1.08 bits per heavy atom. The van der Waals surface area contributed by atoms with Crippen molar-refractivity contribution in [1.29, 1.82) is 0 Å². The van der Waals surface area contributed by atoms with Crippen LogP contribution in [0.5, 0.6) is 0 Å². The largest absolute Gasteiger partial charge is 0.396 e. The van der Waals surface area contributed by atoms with Crippen LogP contribution in [0.4, 0.5) is 0 Å². The van der Waals surface area contributed by atoms with Crippen LogP contribution < -0.4 is 0 Å². The lowest BCUT2D eigenvalue weighted by Gasteiger charge is -2.07. The molecule has 1 fully saturated rings. The van der Waals surface area contributed by atoms with Gasteiger partial charge in [-0.05, 0) is 31.4 Å². The lowest BCUT2D eigenvalue weighted by Crippen LogP contribution is -1.95. The fraction of sp³-hybridized carbons (Fsp3) is 1.00. The average molecular weight is 188 g/mol. The Morgan fingerprint density at radius 2 is 1.83 bits per heavy atom. The first-order valence-corrected chi connectivity index (χ1v) is 6.21. The molecule has 0 saturated heterocycles. The van der Waals surface area contributed by atoms with Crippen molar-refractivity contribution in [2.75, 3.05) is 12.4 Å². The first kappa shape index (κ1) is 10.4. The molecule has 0 atom stereocenters. The number of unbranched alkanes of at least 4 members (excludes halogenated alkanes) is 2. The second-order valence-corrected chi connectivity index (χ2v) is 4.97. The Bertz CT molecular complexity index is 100. The van der Waals surface area contributed by atoms with E-state index in [1.54, 1.807) is 0 Å². The highest BCUT2D eigenvalue weighted by atomic mass is 32.2. The Morgan fingerprint density at radius 3 is 2.50 bits per heavy atom. The third-order valence-corrected chi connectivity index (χ3v) is 3.93. The highest BCUT2D eigenvalue weighted by Crippen LogP contribution is 2.29. The molecular formula is C10H20OS. The maximum Gasteiger partial charge on any atom is 0.0431 e. The predicted molar refractivity (Wildman–Crippen MR) is 55.7 cm³/mol. The van der Waals surface area contributed by atoms with Crippen molar-refractivity contribution in [3.8, 4) is 0 Å². The van der Waals surface area contributed by atoms with E-state index in [1.165, 1.54) is 44.3 Å². The lowest BCUT2D eigenvalue weighted by atomic mass is 10.3. The van der Waals surface area contributed by atoms with E-state index >= 15 is 0 Å². The van der Waals surface area contributed by atoms with E-state index < -0.39 is 0 Å². The van der Waals surface area contributed by atoms with Crippen molar-refractivity contribution in [2.45, 2.75) is 50.2 Å². The molecule has 2 heteroatoms. The molecule has 1 saturated carbocycles. The third kappa shape index (κ3) is 4.36. The van der Waals surface area contributed by atoms with Crippen molar-refractivity contribution in [3.63, 3.8) is 0 Å². The van der Waals surface area contributed by atoms with Gasteiger partial charge in [0.15, 0.2) is 0 Å². The first-order chi connectivity index (χ1) is 5.93. The normalized spacial score (nSPS) is 18.8. The summed E-state index contributed by atoms with van der Waals surface area (Å²) < 4.78 is 0. The summed E-state index contributed by atoms with van der Waals surface area (Å²) >= 11 is 2.15. The van der Waals surface area contributed by atoms with Gasteiger partial charge in [-0.1, -0.05) is 19.3 Å². The number of thioether (sulfide) groups is 1. The molecule has 0 radical (unpaired) electrons. The van der Waals surface area contributed by atoms with E-state index in [2.05, 4.69) is 11.8 Å². The van der Waals surface area contributed by atoms with Crippen molar-refractivity contribution >= 4 is 11.8 Å². The minimum atomic E-state index is 0.369. The molecule has 72 valence electrons. The molecule has 1 rings (SSSR count). The Balaban J connectivity index is 1.81. The van der Waals surface area contributed by atoms with Crippen LogP contribution in [0.25, 0.3) is 0 Å². The number of hydrogen-bond acceptors (Lipinski definition) is 2. The number of aliphatic hydroxyl groups is 1. The summed E-state index contributed by atoms with van der Waals surface area (Å²) in [7, 11) is 0. The molecule has 0 unspecified atom stereocenters. The van der Waals surface area contributed by atoms with Crippen molar-refractivity contribution in [1.82, 2.24) is 0 Å². The zero-order valence-electron chi connectivity index (χ0n) is 7.80. The van der Waals surface area contributed by atoms with Gasteiger partial charge in [0.2, 0.25) is 0 Å². The van der Waals surface area contributed by atoms with Gasteiger partial charge in [0, 0.05) is 11.9 Å². The summed E-state index contributed by atoms with van der Waals surface area (Å²) in [6.45, 7) is 0.369. The molecule has 1 N–H and O–H groups in total. The maximum absolute atomic E-state index is 8.57. The van der Waals surface area contributed by atoms with Crippen LogP contribution in [0, 0.1) is 0 Å². The summed E-state index contributed by atoms with van der Waals surface area (Å²) in [6.07, 6.45) is 9.29. The maximum atomic E-state index is 8.57. The smallest absolute Gasteiger partial charge is 0.0431 e. The van der Waals surface area contributed by atoms with E-state index in [1.807, 2.05) is 0 Å². The van der Waals surface area contributed by atoms with Crippen LogP contribution in [-0.2, 0) is 0 Å². The van der Waals surface area contributed by atoms with Gasteiger partial charge in [0.1, 0.15) is 0 Å². The van der Waals surface area contributed by atoms with Gasteiger partial charge in [0.05, 0.1) is 0 Å². The molecule has 12 heavy (non-hydrogen) atoms. The summed E-state index contributed by atoms with van der Waals surface area (Å²) in [5.41, 5.74) is 0. The Kier molecular flexibility index (Phi) is 5.88. The highest BCUT2D eigenvalue weighted by Gasteiger charge is 2.14. The summed E-state index contributed by atoms with van der Waals surface area (Å²) in [4.78, 5) is 0. The van der Waals surface area contributed by atoms with Crippen LogP contribution >= 0.6 is 11.8 Å². The topological polar surface area (TPSA) is 20.2 Å². The fourth-order valence-electron chi connectivity index (χ4n) is 1.70. The zero-order valence-corrected chi connectivity index (χ0v) is 8.61. The van der Waals surface area contributed by atoms with E-state index in [-0.39, 0.29) is 0 Å². The zero-order chi connectivity index (χ0) is 8.65. The minimum Gasteiger partial charge on any atom is -0.396 e. The third-order valence-electron chi connectivity index (χ3n) is 2.46. The lowest BCUT2D eigenvalue weighted by molar-refractivity contribution is 0.284. The highest BCUT2D eigenvalue weighted by molar-refractivity contribution is 7.99. The molecule has 0 heterocycles. The van der Waals surface area contributed by atoms with E-state index in [0.29, 0.717) is 6.61 Å². The van der Waals surface area contributed by atoms with Crippen molar-refractivity contribution < 1.29 is 5.11 Å². The van der Waals surface area contributed by atoms with Crippen LogP contribution in [0.1, 0.15) is 44.9 Å². The van der Waals surface area contributed by atoms with E-state index in [9.17, 15) is 0 Å². The van der Waals surface area contributed by atoms with Gasteiger partial charge in [-0.2, -0.15) is 11.8 Å². The molecule has 0 aromatic rings. The van der Waals surface area contributed by atoms with E-state index in [4.69, 9.17) is 5.11 Å². The van der Waals surface area contributed by atoms with Crippen molar-refractivity contribution in [2.24, 2.45) is 0 Å². The molecule has 1 aliphatic rings. The van der Waals surface area contributed by atoms with Crippen LogP contribution in [0.15, 0.2) is 0 Å². The molecule has 1 nitrogen and oxygen atoms in total. The number of rotatable bonds is 6. The number of aliphatic hydroxyl groups excluding tert-OH is 1. The SMILES string of the molecule is OCCCCCSC1CCCC1. The molecule has 0 bridgehead atoms. The Labute approximate surface area is 79.9 Å². The summed E-state index contributed by atoms with van der Waals surface area (Å²) in [5, 5.41) is 9.54. The van der Waals surface area contributed by atoms with Gasteiger partial charge in [0.25, 0.3) is 0 Å². The second-order valence-electron chi connectivity index (χ2n) is 3.56. The van der Waals surface area contributed by atoms with Gasteiger partial charge in [-0.15, -0.1) is 0 Å². The molecule has 0 aromatic heterocycles. The molecule has 0 aliphatic heterocycles. The standard InChI is InChI=1S/C10H20OS/c11-8-4-1-5-9-12-10-6-2-3-7-10/h10-11H,1-9H2. The van der Waals surface area contributed by atoms with Crippen LogP contribution in [-0.4, -0.2) is 22.7 Å². The van der Waals surface area contributed by atoms with Gasteiger partial charge >= 0.3 is 0 Å². The Hall–Kier alpha value is 0.310. The summed E-state index contributed by atoms with van der Waals surface area (Å²) in [5.74, 6) is 1.31. The molecular weight excluding hydrogens is 168 g/mol. The van der Waals surface area contributed by atoms with Gasteiger partial charge < -0.3 is 5.11 Å². The first-order valence-electron chi connectivity index (χ1n) is 5.16. The summed E-state index contributed by atoms with van der Waals surface area (Å²) in [6, 6.07) is 0. The molecule has 0 spiro atoms.